The molecule has 0 aliphatic carbocycles. The number of nitrogens with zero attached hydrogens (tertiary/aromatic N) is 1. The fourth-order valence-electron chi connectivity index (χ4n) is 1.54. The molecule has 2 aromatic rings. The second kappa shape index (κ2) is 10.8. The van der Waals surface area contributed by atoms with Gasteiger partial charge in [-0.05, 0) is 5.56 Å². The van der Waals surface area contributed by atoms with Gasteiger partial charge in [-0.2, -0.15) is 0 Å². The zero-order valence-electron chi connectivity index (χ0n) is 13.1. The van der Waals surface area contributed by atoms with E-state index in [1.165, 1.54) is 16.0 Å². The Labute approximate surface area is 123 Å². The van der Waals surface area contributed by atoms with E-state index >= 15 is 0 Å². The van der Waals surface area contributed by atoms with E-state index in [1.807, 2.05) is 39.3 Å². The second-order valence-corrected chi connectivity index (χ2v) is 4.98. The molecule has 0 bridgehead atoms. The Kier molecular flexibility index (Phi) is 10.2. The molecule has 0 unspecified atom stereocenters. The molecule has 2 rings (SSSR count). The van der Waals surface area contributed by atoms with E-state index in [-0.39, 0.29) is 0 Å². The highest BCUT2D eigenvalue weighted by Gasteiger charge is 2.03. The molecule has 104 valence electrons. The number of hydrogen-bond donors (Lipinski definition) is 0. The van der Waals surface area contributed by atoms with Crippen molar-refractivity contribution < 1.29 is 0 Å². The average molecular weight is 275 g/mol. The van der Waals surface area contributed by atoms with Crippen LogP contribution in [0.4, 0.5) is 0 Å². The van der Waals surface area contributed by atoms with Crippen LogP contribution in [0.25, 0.3) is 0 Å². The van der Waals surface area contributed by atoms with E-state index in [2.05, 4.69) is 42.9 Å². The molecular formula is C16H26BNS. The fraction of sp³-hybridized carbons (Fsp3) is 0.438. The molecular weight excluding hydrogens is 249 g/mol. The molecule has 0 saturated carbocycles. The van der Waals surface area contributed by atoms with Crippen LogP contribution in [0.2, 0.25) is 13.6 Å². The van der Waals surface area contributed by atoms with E-state index in [0.29, 0.717) is 6.71 Å². The maximum atomic E-state index is 4.29. The normalized spacial score (nSPS) is 8.74. The van der Waals surface area contributed by atoms with Gasteiger partial charge >= 0.3 is 0 Å². The van der Waals surface area contributed by atoms with Gasteiger partial charge in [0.05, 0.1) is 5.01 Å². The zero-order valence-corrected chi connectivity index (χ0v) is 13.9. The smallest absolute Gasteiger partial charge is 0.169 e. The van der Waals surface area contributed by atoms with E-state index in [4.69, 9.17) is 0 Å². The molecule has 0 aliphatic rings. The van der Waals surface area contributed by atoms with Crippen LogP contribution in [0.3, 0.4) is 0 Å². The minimum absolute atomic E-state index is 0.610. The topological polar surface area (TPSA) is 12.9 Å². The summed E-state index contributed by atoms with van der Waals surface area (Å²) in [5, 5.41) is 3.21. The largest absolute Gasteiger partial charge is 0.249 e. The molecule has 19 heavy (non-hydrogen) atoms. The van der Waals surface area contributed by atoms with Gasteiger partial charge < -0.3 is 0 Å². The Morgan fingerprint density at radius 2 is 1.58 bits per heavy atom. The van der Waals surface area contributed by atoms with Gasteiger partial charge in [0.1, 0.15) is 0 Å². The van der Waals surface area contributed by atoms with Crippen molar-refractivity contribution in [2.45, 2.75) is 47.8 Å². The van der Waals surface area contributed by atoms with Crippen LogP contribution >= 0.6 is 11.3 Å². The molecule has 0 aliphatic heterocycles. The van der Waals surface area contributed by atoms with Crippen LogP contribution in [-0.2, 0) is 6.42 Å². The summed E-state index contributed by atoms with van der Waals surface area (Å²) in [6, 6.07) is 8.84. The van der Waals surface area contributed by atoms with E-state index in [9.17, 15) is 0 Å². The van der Waals surface area contributed by atoms with Crippen molar-refractivity contribution in [3.63, 3.8) is 0 Å². The quantitative estimate of drug-likeness (QED) is 0.737. The van der Waals surface area contributed by atoms with Crippen molar-refractivity contribution in [2.75, 3.05) is 0 Å². The molecule has 0 fully saturated rings. The number of rotatable bonds is 3. The first-order valence-corrected chi connectivity index (χ1v) is 8.11. The molecule has 0 saturated heterocycles. The van der Waals surface area contributed by atoms with Gasteiger partial charge in [-0.1, -0.05) is 71.1 Å². The minimum atomic E-state index is 0.610. The van der Waals surface area contributed by atoms with Crippen molar-refractivity contribution in [3.8, 4) is 0 Å². The molecule has 0 spiro atoms. The molecule has 0 amide bonds. The maximum absolute atomic E-state index is 4.29. The van der Waals surface area contributed by atoms with E-state index < -0.39 is 0 Å². The van der Waals surface area contributed by atoms with Crippen molar-refractivity contribution in [1.82, 2.24) is 4.98 Å². The molecule has 0 atom stereocenters. The van der Waals surface area contributed by atoms with E-state index in [0.717, 1.165) is 6.42 Å². The summed E-state index contributed by atoms with van der Waals surface area (Å²) >= 11 is 1.72. The van der Waals surface area contributed by atoms with Crippen LogP contribution < -0.4 is 5.46 Å². The van der Waals surface area contributed by atoms with Gasteiger partial charge in [-0.3, -0.25) is 0 Å². The Bertz CT molecular complexity index is 407. The van der Waals surface area contributed by atoms with Crippen molar-refractivity contribution in [2.24, 2.45) is 0 Å². The summed E-state index contributed by atoms with van der Waals surface area (Å²) in [5.41, 5.74) is 2.74. The molecule has 1 nitrogen and oxygen atoms in total. The summed E-state index contributed by atoms with van der Waals surface area (Å²) in [6.45, 7) is 13.0. The molecule has 0 N–H and O–H groups in total. The van der Waals surface area contributed by atoms with Crippen LogP contribution in [0.1, 0.15) is 38.3 Å². The van der Waals surface area contributed by atoms with Gasteiger partial charge in [-0.25, -0.2) is 4.98 Å². The summed E-state index contributed by atoms with van der Waals surface area (Å²) in [4.78, 5) is 4.29. The molecule has 3 heteroatoms. The van der Waals surface area contributed by atoms with Gasteiger partial charge in [-0.15, -0.1) is 11.3 Å². The van der Waals surface area contributed by atoms with Crippen LogP contribution in [-0.4, -0.2) is 11.7 Å². The van der Waals surface area contributed by atoms with Gasteiger partial charge in [0.15, 0.2) is 6.71 Å². The van der Waals surface area contributed by atoms with E-state index in [1.54, 1.807) is 11.3 Å². The summed E-state index contributed by atoms with van der Waals surface area (Å²) in [7, 11) is 0. The Morgan fingerprint density at radius 1 is 1.00 bits per heavy atom. The van der Waals surface area contributed by atoms with Crippen molar-refractivity contribution >= 4 is 23.5 Å². The van der Waals surface area contributed by atoms with Crippen LogP contribution in [0.15, 0.2) is 35.8 Å². The summed E-state index contributed by atoms with van der Waals surface area (Å²) in [6.07, 6.45) is 2.82. The Balaban J connectivity index is 0.000000741. The van der Waals surface area contributed by atoms with Crippen LogP contribution in [0, 0.1) is 0 Å². The standard InChI is InChI=1S/C12H14BNS.2C2H6/c1-13(2)11-5-3-10(4-6-11)9-12-14-7-8-15-12;2*1-2/h3-8H,9H2,1-2H3;2*1-2H3. The predicted molar refractivity (Wildman–Crippen MR) is 91.2 cm³/mol. The van der Waals surface area contributed by atoms with Crippen LogP contribution in [0.5, 0.6) is 0 Å². The molecule has 1 aromatic carbocycles. The Morgan fingerprint density at radius 3 is 2.00 bits per heavy atom. The minimum Gasteiger partial charge on any atom is -0.249 e. The monoisotopic (exact) mass is 275 g/mol. The summed E-state index contributed by atoms with van der Waals surface area (Å²) in [5.74, 6) is 0. The van der Waals surface area contributed by atoms with Gasteiger partial charge in [0.25, 0.3) is 0 Å². The lowest BCUT2D eigenvalue weighted by Gasteiger charge is -2.03. The first-order chi connectivity index (χ1) is 9.25. The molecule has 1 heterocycles. The number of benzene rings is 1. The number of hydrogen-bond acceptors (Lipinski definition) is 2. The molecule has 0 radical (unpaired) electrons. The highest BCUT2D eigenvalue weighted by molar-refractivity contribution is 7.09. The van der Waals surface area contributed by atoms with Gasteiger partial charge in [0.2, 0.25) is 0 Å². The predicted octanol–water partition coefficient (Wildman–Crippen LogP) is 4.75. The summed E-state index contributed by atoms with van der Waals surface area (Å²) < 4.78 is 0. The third-order valence-corrected chi connectivity index (χ3v) is 3.26. The number of thiazole rings is 1. The average Bonchev–Trinajstić information content (AvgIpc) is 2.97. The fourth-order valence-corrected chi connectivity index (χ4v) is 2.19. The van der Waals surface area contributed by atoms with Crippen molar-refractivity contribution in [3.05, 3.63) is 46.4 Å². The first-order valence-electron chi connectivity index (χ1n) is 7.23. The maximum Gasteiger partial charge on any atom is 0.169 e. The number of aromatic nitrogens is 1. The lowest BCUT2D eigenvalue weighted by atomic mass is 9.49. The Hall–Kier alpha value is -1.09. The third-order valence-electron chi connectivity index (χ3n) is 2.49. The first kappa shape index (κ1) is 17.9. The third kappa shape index (κ3) is 6.58. The zero-order chi connectivity index (χ0) is 14.7. The highest BCUT2D eigenvalue weighted by Crippen LogP contribution is 2.10. The molecule has 1 aromatic heterocycles. The van der Waals surface area contributed by atoms with Gasteiger partial charge in [0, 0.05) is 18.0 Å². The highest BCUT2D eigenvalue weighted by atomic mass is 32.1. The lowest BCUT2D eigenvalue weighted by Crippen LogP contribution is -2.21. The SMILES string of the molecule is CB(C)c1ccc(Cc2nccs2)cc1.CC.CC. The van der Waals surface area contributed by atoms with Crippen molar-refractivity contribution in [1.29, 1.82) is 0 Å². The lowest BCUT2D eigenvalue weighted by molar-refractivity contribution is 1.14. The second-order valence-electron chi connectivity index (χ2n) is 4.00.